The largest absolute Gasteiger partial charge is 0.478 e. The van der Waals surface area contributed by atoms with Crippen molar-refractivity contribution >= 4 is 5.82 Å². The van der Waals surface area contributed by atoms with Crippen molar-refractivity contribution in [3.05, 3.63) is 47.8 Å². The van der Waals surface area contributed by atoms with Crippen LogP contribution in [-0.2, 0) is 6.54 Å². The lowest BCUT2D eigenvalue weighted by molar-refractivity contribution is 0.305. The summed E-state index contributed by atoms with van der Waals surface area (Å²) in [5.74, 6) is 1.38. The summed E-state index contributed by atoms with van der Waals surface area (Å²) in [5, 5.41) is 11.9. The van der Waals surface area contributed by atoms with Crippen LogP contribution in [0, 0.1) is 11.3 Å². The first-order valence-corrected chi connectivity index (χ1v) is 6.49. The monoisotopic (exact) mass is 268 g/mol. The number of aromatic nitrogens is 2. The lowest BCUT2D eigenvalue weighted by Gasteiger charge is -2.07. The van der Waals surface area contributed by atoms with Gasteiger partial charge in [0.15, 0.2) is 0 Å². The second-order valence-electron chi connectivity index (χ2n) is 4.25. The SMILES string of the molecule is CCCOc1ccc(CNc2ccc(C#N)cn2)cn1. The molecule has 0 bridgehead atoms. The van der Waals surface area contributed by atoms with Gasteiger partial charge < -0.3 is 10.1 Å². The molecule has 0 amide bonds. The highest BCUT2D eigenvalue weighted by atomic mass is 16.5. The zero-order chi connectivity index (χ0) is 14.2. The Labute approximate surface area is 118 Å². The van der Waals surface area contributed by atoms with Crippen molar-refractivity contribution in [1.82, 2.24) is 9.97 Å². The normalized spacial score (nSPS) is 9.80. The minimum atomic E-state index is 0.551. The molecular formula is C15H16N4O. The molecule has 5 nitrogen and oxygen atoms in total. The molecule has 5 heteroatoms. The Kier molecular flexibility index (Phi) is 4.90. The van der Waals surface area contributed by atoms with Gasteiger partial charge in [-0.1, -0.05) is 13.0 Å². The molecule has 2 rings (SSSR count). The molecule has 0 aliphatic rings. The Bertz CT molecular complexity index is 572. The predicted octanol–water partition coefficient (Wildman–Crippen LogP) is 2.75. The summed E-state index contributed by atoms with van der Waals surface area (Å²) in [5.41, 5.74) is 1.59. The summed E-state index contributed by atoms with van der Waals surface area (Å²) in [6.45, 7) is 3.36. The molecule has 0 fully saturated rings. The van der Waals surface area contributed by atoms with Crippen molar-refractivity contribution in [2.24, 2.45) is 0 Å². The summed E-state index contributed by atoms with van der Waals surface area (Å²) in [6.07, 6.45) is 4.29. The maximum Gasteiger partial charge on any atom is 0.213 e. The maximum atomic E-state index is 8.69. The second kappa shape index (κ2) is 7.10. The summed E-state index contributed by atoms with van der Waals surface area (Å²) >= 11 is 0. The van der Waals surface area contributed by atoms with Crippen LogP contribution >= 0.6 is 0 Å². The standard InChI is InChI=1S/C15H16N4O/c1-2-7-20-15-6-4-13(11-19-15)10-18-14-5-3-12(8-16)9-17-14/h3-6,9,11H,2,7,10H2,1H3,(H,17,18). The smallest absolute Gasteiger partial charge is 0.213 e. The van der Waals surface area contributed by atoms with E-state index in [1.54, 1.807) is 24.5 Å². The Hall–Kier alpha value is -2.61. The zero-order valence-corrected chi connectivity index (χ0v) is 11.3. The summed E-state index contributed by atoms with van der Waals surface area (Å²) < 4.78 is 5.42. The van der Waals surface area contributed by atoms with Gasteiger partial charge in [0, 0.05) is 25.0 Å². The molecule has 1 N–H and O–H groups in total. The van der Waals surface area contributed by atoms with Crippen LogP contribution < -0.4 is 10.1 Å². The highest BCUT2D eigenvalue weighted by molar-refractivity contribution is 5.39. The number of ether oxygens (including phenoxy) is 1. The van der Waals surface area contributed by atoms with Gasteiger partial charge in [-0.25, -0.2) is 9.97 Å². The van der Waals surface area contributed by atoms with Crippen LogP contribution in [0.15, 0.2) is 36.7 Å². The number of rotatable bonds is 6. The molecule has 20 heavy (non-hydrogen) atoms. The molecular weight excluding hydrogens is 252 g/mol. The van der Waals surface area contributed by atoms with Crippen LogP contribution in [-0.4, -0.2) is 16.6 Å². The average molecular weight is 268 g/mol. The molecule has 0 aromatic carbocycles. The number of pyridine rings is 2. The maximum absolute atomic E-state index is 8.69. The van der Waals surface area contributed by atoms with Gasteiger partial charge in [0.1, 0.15) is 11.9 Å². The summed E-state index contributed by atoms with van der Waals surface area (Å²) in [7, 11) is 0. The van der Waals surface area contributed by atoms with E-state index in [4.69, 9.17) is 10.00 Å². The lowest BCUT2D eigenvalue weighted by Crippen LogP contribution is -2.02. The van der Waals surface area contributed by atoms with E-state index in [1.807, 2.05) is 18.2 Å². The Morgan fingerprint density at radius 3 is 2.70 bits per heavy atom. The molecule has 0 spiro atoms. The first-order valence-electron chi connectivity index (χ1n) is 6.49. The van der Waals surface area contributed by atoms with E-state index in [2.05, 4.69) is 22.2 Å². The molecule has 0 radical (unpaired) electrons. The average Bonchev–Trinajstić information content (AvgIpc) is 2.52. The number of hydrogen-bond donors (Lipinski definition) is 1. The van der Waals surface area contributed by atoms with Gasteiger partial charge in [-0.05, 0) is 24.1 Å². The molecule has 0 aliphatic carbocycles. The first-order chi connectivity index (χ1) is 9.81. The Balaban J connectivity index is 1.88. The van der Waals surface area contributed by atoms with Crippen LogP contribution in [0.2, 0.25) is 0 Å². The van der Waals surface area contributed by atoms with Gasteiger partial charge in [-0.15, -0.1) is 0 Å². The van der Waals surface area contributed by atoms with Crippen molar-refractivity contribution in [3.63, 3.8) is 0 Å². The van der Waals surface area contributed by atoms with Gasteiger partial charge in [0.25, 0.3) is 0 Å². The van der Waals surface area contributed by atoms with Crippen LogP contribution in [0.4, 0.5) is 5.82 Å². The molecule has 0 saturated carbocycles. The highest BCUT2D eigenvalue weighted by Crippen LogP contribution is 2.10. The number of nitriles is 1. The number of nitrogens with zero attached hydrogens (tertiary/aromatic N) is 3. The van der Waals surface area contributed by atoms with Gasteiger partial charge >= 0.3 is 0 Å². The highest BCUT2D eigenvalue weighted by Gasteiger charge is 1.98. The van der Waals surface area contributed by atoms with E-state index in [1.165, 1.54) is 0 Å². The Morgan fingerprint density at radius 1 is 1.20 bits per heavy atom. The lowest BCUT2D eigenvalue weighted by atomic mass is 10.2. The fraction of sp³-hybridized carbons (Fsp3) is 0.267. The second-order valence-corrected chi connectivity index (χ2v) is 4.25. The molecule has 0 atom stereocenters. The van der Waals surface area contributed by atoms with Crippen LogP contribution in [0.3, 0.4) is 0 Å². The number of hydrogen-bond acceptors (Lipinski definition) is 5. The van der Waals surface area contributed by atoms with Crippen molar-refractivity contribution in [1.29, 1.82) is 5.26 Å². The van der Waals surface area contributed by atoms with Crippen molar-refractivity contribution in [3.8, 4) is 11.9 Å². The third-order valence-electron chi connectivity index (χ3n) is 2.62. The van der Waals surface area contributed by atoms with E-state index in [0.29, 0.717) is 24.6 Å². The van der Waals surface area contributed by atoms with E-state index >= 15 is 0 Å². The molecule has 2 heterocycles. The van der Waals surface area contributed by atoms with Crippen molar-refractivity contribution < 1.29 is 4.74 Å². The fourth-order valence-corrected chi connectivity index (χ4v) is 1.56. The quantitative estimate of drug-likeness (QED) is 0.872. The summed E-state index contributed by atoms with van der Waals surface area (Å²) in [4.78, 5) is 8.37. The minimum absolute atomic E-state index is 0.551. The van der Waals surface area contributed by atoms with Crippen LogP contribution in [0.25, 0.3) is 0 Å². The van der Waals surface area contributed by atoms with E-state index in [9.17, 15) is 0 Å². The van der Waals surface area contributed by atoms with Gasteiger partial charge in [0.2, 0.25) is 5.88 Å². The fourth-order valence-electron chi connectivity index (χ4n) is 1.56. The molecule has 2 aromatic rings. The third-order valence-corrected chi connectivity index (χ3v) is 2.62. The number of nitrogens with one attached hydrogen (secondary N) is 1. The zero-order valence-electron chi connectivity index (χ0n) is 11.3. The molecule has 0 aliphatic heterocycles. The van der Waals surface area contributed by atoms with Crippen LogP contribution in [0.1, 0.15) is 24.5 Å². The number of anilines is 1. The minimum Gasteiger partial charge on any atom is -0.478 e. The third kappa shape index (κ3) is 3.95. The van der Waals surface area contributed by atoms with Gasteiger partial charge in [-0.3, -0.25) is 0 Å². The summed E-state index contributed by atoms with van der Waals surface area (Å²) in [6, 6.07) is 9.38. The van der Waals surface area contributed by atoms with Gasteiger partial charge in [0.05, 0.1) is 12.2 Å². The van der Waals surface area contributed by atoms with Gasteiger partial charge in [-0.2, -0.15) is 5.26 Å². The molecule has 2 aromatic heterocycles. The van der Waals surface area contributed by atoms with E-state index < -0.39 is 0 Å². The predicted molar refractivity (Wildman–Crippen MR) is 76.3 cm³/mol. The van der Waals surface area contributed by atoms with Crippen molar-refractivity contribution in [2.75, 3.05) is 11.9 Å². The van der Waals surface area contributed by atoms with E-state index in [-0.39, 0.29) is 0 Å². The van der Waals surface area contributed by atoms with Crippen LogP contribution in [0.5, 0.6) is 5.88 Å². The van der Waals surface area contributed by atoms with Crippen molar-refractivity contribution in [2.45, 2.75) is 19.9 Å². The van der Waals surface area contributed by atoms with E-state index in [0.717, 1.165) is 17.8 Å². The molecule has 102 valence electrons. The molecule has 0 unspecified atom stereocenters. The molecule has 0 saturated heterocycles. The Morgan fingerprint density at radius 2 is 2.10 bits per heavy atom. The first kappa shape index (κ1) is 13.8. The topological polar surface area (TPSA) is 70.8 Å².